The van der Waals surface area contributed by atoms with Crippen LogP contribution < -0.4 is 10.2 Å². The molecule has 1 aromatic heterocycles. The third kappa shape index (κ3) is 3.89. The van der Waals surface area contributed by atoms with Crippen molar-refractivity contribution in [3.63, 3.8) is 0 Å². The fraction of sp³-hybridized carbons (Fsp3) is 0.462. The Bertz CT molecular complexity index is 1140. The van der Waals surface area contributed by atoms with E-state index in [2.05, 4.69) is 51.3 Å². The van der Waals surface area contributed by atoms with Crippen LogP contribution in [0, 0.1) is 5.92 Å². The number of amides is 1. The smallest absolute Gasteiger partial charge is 0.299 e. The van der Waals surface area contributed by atoms with Gasteiger partial charge < -0.3 is 24.4 Å². The molecule has 4 fully saturated rings. The van der Waals surface area contributed by atoms with Gasteiger partial charge in [0.15, 0.2) is 5.58 Å². The summed E-state index contributed by atoms with van der Waals surface area (Å²) in [6.45, 7) is 5.94. The summed E-state index contributed by atoms with van der Waals surface area (Å²) >= 11 is 0. The van der Waals surface area contributed by atoms with E-state index in [0.717, 1.165) is 39.3 Å². The van der Waals surface area contributed by atoms with Gasteiger partial charge in [-0.15, -0.1) is 0 Å². The number of fused-ring (bicyclic) bond motifs is 4. The average molecular weight is 446 g/mol. The number of piperidine rings is 3. The molecular formula is C26H31N5O2. The number of hydrogen-bond donors (Lipinski definition) is 1. The highest BCUT2D eigenvalue weighted by Crippen LogP contribution is 2.33. The molecule has 4 aliphatic heterocycles. The third-order valence-corrected chi connectivity index (χ3v) is 7.64. The van der Waals surface area contributed by atoms with E-state index in [1.807, 2.05) is 24.3 Å². The molecule has 7 heteroatoms. The molecule has 2 aromatic carbocycles. The summed E-state index contributed by atoms with van der Waals surface area (Å²) in [7, 11) is 2.15. The summed E-state index contributed by atoms with van der Waals surface area (Å²) < 4.78 is 6.23. The maximum atomic E-state index is 13.3. The first-order valence-electron chi connectivity index (χ1n) is 12.1. The first-order chi connectivity index (χ1) is 16.2. The summed E-state index contributed by atoms with van der Waals surface area (Å²) in [5, 5.41) is 3.31. The standard InChI is InChI=1S/C26H31N5O2/c1-29-14-15-31(22(17-29)19-6-3-2-4-7-19)26-28-24-20(8-5-9-23(24)33-26)25(32)27-21-16-30-12-10-18(21)11-13-30/h2-9,18,21-22H,10-17H2,1H3,(H,27,32)/t21-,22?/m1/s1. The number of piperazine rings is 1. The molecule has 7 nitrogen and oxygen atoms in total. The van der Waals surface area contributed by atoms with Gasteiger partial charge in [0.2, 0.25) is 0 Å². The quantitative estimate of drug-likeness (QED) is 0.666. The Morgan fingerprint density at radius 1 is 1.00 bits per heavy atom. The number of nitrogens with zero attached hydrogens (tertiary/aromatic N) is 4. The number of likely N-dealkylation sites (N-methyl/N-ethyl adjacent to an activating group) is 1. The van der Waals surface area contributed by atoms with Crippen molar-refractivity contribution in [3.8, 4) is 0 Å². The number of hydrogen-bond acceptors (Lipinski definition) is 6. The molecule has 4 saturated heterocycles. The van der Waals surface area contributed by atoms with Crippen molar-refractivity contribution in [1.29, 1.82) is 0 Å². The van der Waals surface area contributed by atoms with Crippen LogP contribution in [0.5, 0.6) is 0 Å². The van der Waals surface area contributed by atoms with Gasteiger partial charge in [-0.2, -0.15) is 4.98 Å². The predicted octanol–water partition coefficient (Wildman–Crippen LogP) is 3.14. The van der Waals surface area contributed by atoms with E-state index in [9.17, 15) is 4.79 Å². The van der Waals surface area contributed by atoms with Crippen LogP contribution in [0.25, 0.3) is 11.1 Å². The molecule has 0 spiro atoms. The molecule has 2 bridgehead atoms. The zero-order chi connectivity index (χ0) is 22.4. The molecule has 2 atom stereocenters. The molecule has 3 aromatic rings. The summed E-state index contributed by atoms with van der Waals surface area (Å²) in [6, 6.07) is 17.1. The van der Waals surface area contributed by atoms with E-state index in [0.29, 0.717) is 28.6 Å². The van der Waals surface area contributed by atoms with Crippen LogP contribution in [0.4, 0.5) is 6.01 Å². The van der Waals surface area contributed by atoms with Gasteiger partial charge in [-0.3, -0.25) is 4.79 Å². The number of benzene rings is 2. The lowest BCUT2D eigenvalue weighted by atomic mass is 9.84. The molecule has 33 heavy (non-hydrogen) atoms. The molecular weight excluding hydrogens is 414 g/mol. The van der Waals surface area contributed by atoms with Crippen LogP contribution in [-0.2, 0) is 0 Å². The van der Waals surface area contributed by atoms with Gasteiger partial charge in [-0.1, -0.05) is 36.4 Å². The Kier molecular flexibility index (Phi) is 5.31. The van der Waals surface area contributed by atoms with Crippen molar-refractivity contribution < 1.29 is 9.21 Å². The van der Waals surface area contributed by atoms with Crippen molar-refractivity contribution in [2.75, 3.05) is 51.2 Å². The lowest BCUT2D eigenvalue weighted by Gasteiger charge is -2.44. The van der Waals surface area contributed by atoms with Gasteiger partial charge in [-0.25, -0.2) is 0 Å². The molecule has 5 heterocycles. The monoisotopic (exact) mass is 445 g/mol. The highest BCUT2D eigenvalue weighted by atomic mass is 16.4. The van der Waals surface area contributed by atoms with Crippen molar-refractivity contribution in [3.05, 3.63) is 59.7 Å². The zero-order valence-electron chi connectivity index (χ0n) is 19.1. The van der Waals surface area contributed by atoms with E-state index in [4.69, 9.17) is 9.40 Å². The van der Waals surface area contributed by atoms with Crippen LogP contribution in [0.3, 0.4) is 0 Å². The number of nitrogens with one attached hydrogen (secondary N) is 1. The minimum Gasteiger partial charge on any atom is -0.423 e. The van der Waals surface area contributed by atoms with E-state index < -0.39 is 0 Å². The molecule has 1 amide bonds. The normalized spacial score (nSPS) is 27.7. The van der Waals surface area contributed by atoms with Crippen molar-refractivity contribution in [2.24, 2.45) is 5.92 Å². The average Bonchev–Trinajstić information content (AvgIpc) is 3.29. The van der Waals surface area contributed by atoms with Gasteiger partial charge in [0.05, 0.1) is 11.6 Å². The van der Waals surface area contributed by atoms with E-state index in [1.54, 1.807) is 0 Å². The van der Waals surface area contributed by atoms with Gasteiger partial charge >= 0.3 is 0 Å². The number of aromatic nitrogens is 1. The predicted molar refractivity (Wildman–Crippen MR) is 128 cm³/mol. The molecule has 7 rings (SSSR count). The molecule has 172 valence electrons. The minimum absolute atomic E-state index is 0.0443. The van der Waals surface area contributed by atoms with E-state index in [-0.39, 0.29) is 18.0 Å². The van der Waals surface area contributed by atoms with Crippen LogP contribution in [0.15, 0.2) is 52.9 Å². The van der Waals surface area contributed by atoms with Crippen LogP contribution in [0.2, 0.25) is 0 Å². The number of rotatable bonds is 4. The SMILES string of the molecule is CN1CCN(c2nc3c(C(=O)N[C@@H]4CN5CCC4CC5)cccc3o2)C(c2ccccc2)C1. The maximum Gasteiger partial charge on any atom is 0.299 e. The van der Waals surface area contributed by atoms with Gasteiger partial charge in [0.1, 0.15) is 5.52 Å². The van der Waals surface area contributed by atoms with Crippen LogP contribution in [0.1, 0.15) is 34.8 Å². The van der Waals surface area contributed by atoms with Gasteiger partial charge in [0, 0.05) is 32.2 Å². The van der Waals surface area contributed by atoms with Crippen LogP contribution >= 0.6 is 0 Å². The highest BCUT2D eigenvalue weighted by molar-refractivity contribution is 6.04. The van der Waals surface area contributed by atoms with Gasteiger partial charge in [0.25, 0.3) is 11.9 Å². The molecule has 1 N–H and O–H groups in total. The Morgan fingerprint density at radius 3 is 2.58 bits per heavy atom. The molecule has 0 saturated carbocycles. The summed E-state index contributed by atoms with van der Waals surface area (Å²) in [4.78, 5) is 25.2. The van der Waals surface area contributed by atoms with E-state index >= 15 is 0 Å². The minimum atomic E-state index is -0.0443. The largest absolute Gasteiger partial charge is 0.423 e. The second-order valence-corrected chi connectivity index (χ2v) is 9.75. The number of carbonyl (C=O) groups excluding carboxylic acids is 1. The first kappa shape index (κ1) is 20.7. The Hall–Kier alpha value is -2.90. The Labute approximate surface area is 194 Å². The van der Waals surface area contributed by atoms with Gasteiger partial charge in [-0.05, 0) is 56.6 Å². The summed E-state index contributed by atoms with van der Waals surface area (Å²) in [5.41, 5.74) is 3.16. The lowest BCUT2D eigenvalue weighted by molar-refractivity contribution is 0.0621. The Morgan fingerprint density at radius 2 is 1.82 bits per heavy atom. The van der Waals surface area contributed by atoms with Crippen molar-refractivity contribution >= 4 is 23.0 Å². The third-order valence-electron chi connectivity index (χ3n) is 7.64. The molecule has 0 radical (unpaired) electrons. The zero-order valence-corrected chi connectivity index (χ0v) is 19.1. The highest BCUT2D eigenvalue weighted by Gasteiger charge is 2.35. The number of carbonyl (C=O) groups is 1. The molecule has 4 aliphatic rings. The fourth-order valence-corrected chi connectivity index (χ4v) is 5.73. The van der Waals surface area contributed by atoms with Crippen LogP contribution in [-0.4, -0.2) is 73.0 Å². The van der Waals surface area contributed by atoms with E-state index in [1.165, 1.54) is 18.4 Å². The lowest BCUT2D eigenvalue weighted by Crippen LogP contribution is -2.57. The maximum absolute atomic E-state index is 13.3. The first-order valence-corrected chi connectivity index (χ1v) is 12.1. The summed E-state index contributed by atoms with van der Waals surface area (Å²) in [5.74, 6) is 0.542. The van der Waals surface area contributed by atoms with Crippen molar-refractivity contribution in [1.82, 2.24) is 20.1 Å². The topological polar surface area (TPSA) is 64.8 Å². The number of anilines is 1. The fourth-order valence-electron chi connectivity index (χ4n) is 5.73. The molecule has 0 aliphatic carbocycles. The number of para-hydroxylation sites is 1. The second kappa shape index (κ2) is 8.47. The number of oxazole rings is 1. The second-order valence-electron chi connectivity index (χ2n) is 9.75. The summed E-state index contributed by atoms with van der Waals surface area (Å²) in [6.07, 6.45) is 2.35. The van der Waals surface area contributed by atoms with Crippen molar-refractivity contribution in [2.45, 2.75) is 24.9 Å². The molecule has 1 unspecified atom stereocenters. The Balaban J connectivity index is 1.29.